The zero-order valence-corrected chi connectivity index (χ0v) is 14.7. The molecule has 2 aromatic carbocycles. The predicted molar refractivity (Wildman–Crippen MR) is 95.5 cm³/mol. The Hall–Kier alpha value is -1.82. The highest BCUT2D eigenvalue weighted by molar-refractivity contribution is 5.17. The van der Waals surface area contributed by atoms with Crippen molar-refractivity contribution < 1.29 is 8.78 Å². The maximum absolute atomic E-state index is 13.1. The molecule has 1 saturated heterocycles. The molecule has 1 aliphatic rings. The molecule has 0 bridgehead atoms. The average Bonchev–Trinajstić information content (AvgIpc) is 2.59. The molecule has 134 valence electrons. The first-order chi connectivity index (χ1) is 12.1. The van der Waals surface area contributed by atoms with Gasteiger partial charge in [0.25, 0.3) is 0 Å². The van der Waals surface area contributed by atoms with Crippen molar-refractivity contribution in [2.45, 2.75) is 26.4 Å². The summed E-state index contributed by atoms with van der Waals surface area (Å²) in [5, 5.41) is 0. The van der Waals surface area contributed by atoms with Gasteiger partial charge in [0.2, 0.25) is 0 Å². The zero-order chi connectivity index (χ0) is 17.6. The van der Waals surface area contributed by atoms with Crippen LogP contribution in [0.1, 0.15) is 24.5 Å². The molecule has 0 radical (unpaired) electrons. The lowest BCUT2D eigenvalue weighted by Gasteiger charge is -2.42. The Morgan fingerprint density at radius 3 is 1.48 bits per heavy atom. The SMILES string of the molecule is CCCN1CN(Cc2ccc(F)cc2)CN(Cc2ccc(F)cc2)C1. The molecule has 0 spiro atoms. The van der Waals surface area contributed by atoms with E-state index in [2.05, 4.69) is 21.6 Å². The standard InChI is InChI=1S/C20H25F2N3/c1-2-11-23-14-24(12-17-3-7-19(21)8-4-17)16-25(15-23)13-18-5-9-20(22)10-6-18/h3-10H,2,11-16H2,1H3. The summed E-state index contributed by atoms with van der Waals surface area (Å²) in [6, 6.07) is 13.4. The maximum Gasteiger partial charge on any atom is 0.123 e. The molecule has 1 fully saturated rings. The number of hydrogen-bond donors (Lipinski definition) is 0. The molecule has 0 aliphatic carbocycles. The third-order valence-electron chi connectivity index (χ3n) is 4.38. The molecular weight excluding hydrogens is 320 g/mol. The van der Waals surface area contributed by atoms with Gasteiger partial charge in [-0.05, 0) is 41.8 Å². The quantitative estimate of drug-likeness (QED) is 0.787. The number of nitrogens with zero attached hydrogens (tertiary/aromatic N) is 3. The third-order valence-corrected chi connectivity index (χ3v) is 4.38. The first kappa shape index (κ1) is 18.0. The molecule has 0 N–H and O–H groups in total. The van der Waals surface area contributed by atoms with Gasteiger partial charge >= 0.3 is 0 Å². The van der Waals surface area contributed by atoms with Crippen molar-refractivity contribution in [3.8, 4) is 0 Å². The van der Waals surface area contributed by atoms with Gasteiger partial charge in [0.1, 0.15) is 11.6 Å². The van der Waals surface area contributed by atoms with E-state index >= 15 is 0 Å². The summed E-state index contributed by atoms with van der Waals surface area (Å²) in [4.78, 5) is 7.13. The zero-order valence-electron chi connectivity index (χ0n) is 14.7. The summed E-state index contributed by atoms with van der Waals surface area (Å²) in [7, 11) is 0. The van der Waals surface area contributed by atoms with E-state index in [0.717, 1.165) is 57.2 Å². The predicted octanol–water partition coefficient (Wildman–Crippen LogP) is 3.87. The van der Waals surface area contributed by atoms with Gasteiger partial charge in [0.15, 0.2) is 0 Å². The number of rotatable bonds is 6. The van der Waals surface area contributed by atoms with Crippen LogP contribution in [-0.2, 0) is 13.1 Å². The molecule has 3 nitrogen and oxygen atoms in total. The van der Waals surface area contributed by atoms with E-state index in [9.17, 15) is 8.78 Å². The molecule has 0 aromatic heterocycles. The van der Waals surface area contributed by atoms with Crippen LogP contribution in [0, 0.1) is 11.6 Å². The van der Waals surface area contributed by atoms with Crippen LogP contribution in [-0.4, -0.2) is 41.3 Å². The molecule has 0 amide bonds. The Kier molecular flexibility index (Phi) is 6.13. The largest absolute Gasteiger partial charge is 0.277 e. The fourth-order valence-corrected chi connectivity index (χ4v) is 3.34. The van der Waals surface area contributed by atoms with E-state index in [1.165, 1.54) is 24.3 Å². The van der Waals surface area contributed by atoms with Gasteiger partial charge in [-0.3, -0.25) is 14.7 Å². The van der Waals surface area contributed by atoms with Gasteiger partial charge in [-0.2, -0.15) is 0 Å². The van der Waals surface area contributed by atoms with Crippen LogP contribution in [0.5, 0.6) is 0 Å². The second-order valence-corrected chi connectivity index (χ2v) is 6.73. The van der Waals surface area contributed by atoms with Crippen LogP contribution in [0.15, 0.2) is 48.5 Å². The van der Waals surface area contributed by atoms with E-state index in [1.807, 2.05) is 24.3 Å². The highest BCUT2D eigenvalue weighted by Gasteiger charge is 2.23. The number of halogens is 2. The van der Waals surface area contributed by atoms with Crippen LogP contribution < -0.4 is 0 Å². The smallest absolute Gasteiger partial charge is 0.123 e. The monoisotopic (exact) mass is 345 g/mol. The van der Waals surface area contributed by atoms with E-state index in [-0.39, 0.29) is 11.6 Å². The summed E-state index contributed by atoms with van der Waals surface area (Å²) in [5.74, 6) is -0.402. The molecule has 25 heavy (non-hydrogen) atoms. The fourth-order valence-electron chi connectivity index (χ4n) is 3.34. The number of benzene rings is 2. The van der Waals surface area contributed by atoms with E-state index in [4.69, 9.17) is 0 Å². The molecule has 0 saturated carbocycles. The van der Waals surface area contributed by atoms with Crippen LogP contribution in [0.3, 0.4) is 0 Å². The molecule has 2 aromatic rings. The van der Waals surface area contributed by atoms with Gasteiger partial charge in [-0.1, -0.05) is 31.2 Å². The minimum Gasteiger partial charge on any atom is -0.277 e. The van der Waals surface area contributed by atoms with Crippen molar-refractivity contribution in [3.63, 3.8) is 0 Å². The van der Waals surface area contributed by atoms with Crippen LogP contribution in [0.4, 0.5) is 8.78 Å². The first-order valence-electron chi connectivity index (χ1n) is 8.78. The van der Waals surface area contributed by atoms with Gasteiger partial charge < -0.3 is 0 Å². The van der Waals surface area contributed by atoms with Gasteiger partial charge in [-0.25, -0.2) is 8.78 Å². The molecule has 0 unspecified atom stereocenters. The van der Waals surface area contributed by atoms with Crippen molar-refractivity contribution in [1.82, 2.24) is 14.7 Å². The second kappa shape index (κ2) is 8.52. The Balaban J connectivity index is 1.65. The summed E-state index contributed by atoms with van der Waals surface area (Å²) in [5.41, 5.74) is 2.22. The second-order valence-electron chi connectivity index (χ2n) is 6.73. The summed E-state index contributed by atoms with van der Waals surface area (Å²) < 4.78 is 26.2. The average molecular weight is 345 g/mol. The summed E-state index contributed by atoms with van der Waals surface area (Å²) in [6.45, 7) is 7.47. The lowest BCUT2D eigenvalue weighted by molar-refractivity contribution is -0.0378. The highest BCUT2D eigenvalue weighted by atomic mass is 19.1. The third kappa shape index (κ3) is 5.33. The first-order valence-corrected chi connectivity index (χ1v) is 8.78. The van der Waals surface area contributed by atoms with Crippen molar-refractivity contribution in [2.75, 3.05) is 26.6 Å². The molecular formula is C20H25F2N3. The molecule has 3 rings (SSSR count). The van der Waals surface area contributed by atoms with Crippen LogP contribution in [0.25, 0.3) is 0 Å². The lowest BCUT2D eigenvalue weighted by Crippen LogP contribution is -2.54. The van der Waals surface area contributed by atoms with Gasteiger partial charge in [0, 0.05) is 19.6 Å². The topological polar surface area (TPSA) is 9.72 Å². The normalized spacial score (nSPS) is 17.1. The molecule has 1 aliphatic heterocycles. The molecule has 5 heteroatoms. The summed E-state index contributed by atoms with van der Waals surface area (Å²) in [6.07, 6.45) is 1.11. The Bertz CT molecular complexity index is 602. The minimum absolute atomic E-state index is 0.201. The lowest BCUT2D eigenvalue weighted by atomic mass is 10.2. The summed E-state index contributed by atoms with van der Waals surface area (Å²) >= 11 is 0. The van der Waals surface area contributed by atoms with Crippen molar-refractivity contribution in [1.29, 1.82) is 0 Å². The van der Waals surface area contributed by atoms with Crippen LogP contribution in [0.2, 0.25) is 0 Å². The van der Waals surface area contributed by atoms with Gasteiger partial charge in [-0.15, -0.1) is 0 Å². The van der Waals surface area contributed by atoms with E-state index in [0.29, 0.717) is 0 Å². The van der Waals surface area contributed by atoms with Crippen molar-refractivity contribution in [3.05, 3.63) is 71.3 Å². The fraction of sp³-hybridized carbons (Fsp3) is 0.400. The molecule has 0 atom stereocenters. The Morgan fingerprint density at radius 2 is 1.08 bits per heavy atom. The van der Waals surface area contributed by atoms with Crippen molar-refractivity contribution in [2.24, 2.45) is 0 Å². The van der Waals surface area contributed by atoms with E-state index in [1.54, 1.807) is 0 Å². The maximum atomic E-state index is 13.1. The van der Waals surface area contributed by atoms with Crippen LogP contribution >= 0.6 is 0 Å². The molecule has 1 heterocycles. The number of hydrogen-bond acceptors (Lipinski definition) is 3. The van der Waals surface area contributed by atoms with Gasteiger partial charge in [0.05, 0.1) is 20.0 Å². The van der Waals surface area contributed by atoms with E-state index < -0.39 is 0 Å². The Labute approximate surface area is 148 Å². The highest BCUT2D eigenvalue weighted by Crippen LogP contribution is 2.16. The van der Waals surface area contributed by atoms with Crippen molar-refractivity contribution >= 4 is 0 Å². The Morgan fingerprint density at radius 1 is 0.680 bits per heavy atom. The minimum atomic E-state index is -0.201.